The average Bonchev–Trinajstić information content (AvgIpc) is 3.06. The Balaban J connectivity index is 1.15. The van der Waals surface area contributed by atoms with E-state index in [-0.39, 0.29) is 0 Å². The molecule has 2 aliphatic rings. The van der Waals surface area contributed by atoms with Crippen LogP contribution >= 0.6 is 0 Å². The normalized spacial score (nSPS) is 15.5. The molecule has 11 nitrogen and oxygen atoms in total. The number of anilines is 2. The van der Waals surface area contributed by atoms with Gasteiger partial charge in [-0.2, -0.15) is 0 Å². The molecule has 11 heteroatoms. The standard InChI is InChI=1S/C30H32N6O5/c1-37-25-19-31-27(33-29(25)35-11-15-39-16-12-35)21-3-7-23(8-4-21)41-24-9-5-22(6-10-24)28-32-20-26(38-2)30(34-28)36-13-17-40-18-14-36/h3-10,19-20H,11-18H2,1-2H3. The molecule has 2 saturated heterocycles. The molecule has 212 valence electrons. The topological polar surface area (TPSA) is 104 Å². The van der Waals surface area contributed by atoms with E-state index in [2.05, 4.69) is 19.8 Å². The molecule has 0 bridgehead atoms. The summed E-state index contributed by atoms with van der Waals surface area (Å²) in [6.07, 6.45) is 3.44. The fraction of sp³-hybridized carbons (Fsp3) is 0.333. The third kappa shape index (κ3) is 6.01. The zero-order valence-electron chi connectivity index (χ0n) is 23.2. The maximum Gasteiger partial charge on any atom is 0.179 e. The van der Waals surface area contributed by atoms with E-state index >= 15 is 0 Å². The maximum atomic E-state index is 6.11. The molecule has 0 aliphatic carbocycles. The van der Waals surface area contributed by atoms with Crippen molar-refractivity contribution >= 4 is 11.6 Å². The number of aromatic nitrogens is 4. The third-order valence-electron chi connectivity index (χ3n) is 6.99. The summed E-state index contributed by atoms with van der Waals surface area (Å²) in [6.45, 7) is 5.71. The number of hydrogen-bond donors (Lipinski definition) is 0. The van der Waals surface area contributed by atoms with Crippen LogP contribution in [0.1, 0.15) is 0 Å². The van der Waals surface area contributed by atoms with Crippen molar-refractivity contribution in [3.05, 3.63) is 60.9 Å². The number of rotatable bonds is 8. The van der Waals surface area contributed by atoms with E-state index in [0.717, 1.165) is 48.9 Å². The summed E-state index contributed by atoms with van der Waals surface area (Å²) >= 11 is 0. The first-order valence-electron chi connectivity index (χ1n) is 13.6. The Hall–Kier alpha value is -4.48. The molecule has 0 atom stereocenters. The van der Waals surface area contributed by atoms with Gasteiger partial charge in [0.25, 0.3) is 0 Å². The molecule has 2 aliphatic heterocycles. The van der Waals surface area contributed by atoms with Crippen LogP contribution in [0.15, 0.2) is 60.9 Å². The van der Waals surface area contributed by atoms with Gasteiger partial charge >= 0.3 is 0 Å². The summed E-state index contributed by atoms with van der Waals surface area (Å²) in [5.74, 6) is 5.52. The first kappa shape index (κ1) is 26.7. The van der Waals surface area contributed by atoms with Gasteiger partial charge in [0, 0.05) is 37.3 Å². The van der Waals surface area contributed by atoms with Crippen LogP contribution in [-0.2, 0) is 9.47 Å². The molecule has 0 spiro atoms. The fourth-order valence-electron chi connectivity index (χ4n) is 4.77. The second-order valence-corrected chi connectivity index (χ2v) is 9.52. The highest BCUT2D eigenvalue weighted by atomic mass is 16.5. The van der Waals surface area contributed by atoms with Gasteiger partial charge in [-0.3, -0.25) is 0 Å². The lowest BCUT2D eigenvalue weighted by Gasteiger charge is -2.29. The monoisotopic (exact) mass is 556 g/mol. The molecule has 6 rings (SSSR count). The van der Waals surface area contributed by atoms with Crippen molar-refractivity contribution in [2.75, 3.05) is 76.6 Å². The van der Waals surface area contributed by atoms with Gasteiger partial charge in [0.05, 0.1) is 53.0 Å². The second-order valence-electron chi connectivity index (χ2n) is 9.52. The van der Waals surface area contributed by atoms with Gasteiger partial charge < -0.3 is 33.5 Å². The number of hydrogen-bond acceptors (Lipinski definition) is 11. The van der Waals surface area contributed by atoms with Crippen LogP contribution < -0.4 is 24.0 Å². The lowest BCUT2D eigenvalue weighted by Crippen LogP contribution is -2.37. The summed E-state index contributed by atoms with van der Waals surface area (Å²) < 4.78 is 28.1. The molecule has 0 amide bonds. The number of benzene rings is 2. The van der Waals surface area contributed by atoms with E-state index < -0.39 is 0 Å². The van der Waals surface area contributed by atoms with Gasteiger partial charge in [-0.15, -0.1) is 0 Å². The van der Waals surface area contributed by atoms with Crippen LogP contribution in [-0.4, -0.2) is 86.8 Å². The molecule has 0 N–H and O–H groups in total. The van der Waals surface area contributed by atoms with Gasteiger partial charge in [0.1, 0.15) is 11.5 Å². The van der Waals surface area contributed by atoms with E-state index in [0.29, 0.717) is 61.1 Å². The van der Waals surface area contributed by atoms with E-state index in [1.807, 2.05) is 48.5 Å². The van der Waals surface area contributed by atoms with Crippen molar-refractivity contribution in [3.8, 4) is 45.8 Å². The van der Waals surface area contributed by atoms with Crippen molar-refractivity contribution in [3.63, 3.8) is 0 Å². The van der Waals surface area contributed by atoms with Crippen LogP contribution in [0.5, 0.6) is 23.0 Å². The summed E-state index contributed by atoms with van der Waals surface area (Å²) in [5, 5.41) is 0. The molecule has 2 fully saturated rings. The first-order chi connectivity index (χ1) is 20.2. The SMILES string of the molecule is COc1cnc(-c2ccc(Oc3ccc(-c4ncc(OC)c(N5CCOCC5)n4)cc3)cc2)nc1N1CCOCC1. The van der Waals surface area contributed by atoms with Crippen molar-refractivity contribution < 1.29 is 23.7 Å². The minimum absolute atomic E-state index is 0.624. The number of ether oxygens (including phenoxy) is 5. The maximum absolute atomic E-state index is 6.11. The summed E-state index contributed by atoms with van der Waals surface area (Å²) in [4.78, 5) is 22.9. The Labute approximate surface area is 238 Å². The Bertz CT molecular complexity index is 1340. The Morgan fingerprint density at radius 2 is 0.976 bits per heavy atom. The Kier molecular flexibility index (Phi) is 8.06. The van der Waals surface area contributed by atoms with Crippen LogP contribution in [0, 0.1) is 0 Å². The van der Waals surface area contributed by atoms with E-state index in [1.165, 1.54) is 0 Å². The van der Waals surface area contributed by atoms with Gasteiger partial charge in [-0.1, -0.05) is 0 Å². The third-order valence-corrected chi connectivity index (χ3v) is 6.99. The average molecular weight is 557 g/mol. The number of nitrogens with zero attached hydrogens (tertiary/aromatic N) is 6. The molecule has 2 aromatic heterocycles. The van der Waals surface area contributed by atoms with E-state index in [1.54, 1.807) is 26.6 Å². The zero-order valence-corrected chi connectivity index (χ0v) is 23.2. The van der Waals surface area contributed by atoms with E-state index in [9.17, 15) is 0 Å². The Morgan fingerprint density at radius 3 is 1.34 bits per heavy atom. The lowest BCUT2D eigenvalue weighted by molar-refractivity contribution is 0.122. The van der Waals surface area contributed by atoms with Crippen molar-refractivity contribution in [1.29, 1.82) is 0 Å². The molecule has 0 unspecified atom stereocenters. The fourth-order valence-corrected chi connectivity index (χ4v) is 4.77. The van der Waals surface area contributed by atoms with Crippen LogP contribution in [0.3, 0.4) is 0 Å². The number of methoxy groups -OCH3 is 2. The van der Waals surface area contributed by atoms with Crippen LogP contribution in [0.4, 0.5) is 11.6 Å². The number of morpholine rings is 2. The molecule has 4 heterocycles. The Morgan fingerprint density at radius 1 is 0.585 bits per heavy atom. The summed E-state index contributed by atoms with van der Waals surface area (Å²) in [6, 6.07) is 15.4. The smallest absolute Gasteiger partial charge is 0.179 e. The minimum Gasteiger partial charge on any atom is -0.491 e. The highest BCUT2D eigenvalue weighted by Crippen LogP contribution is 2.32. The van der Waals surface area contributed by atoms with E-state index in [4.69, 9.17) is 33.7 Å². The van der Waals surface area contributed by atoms with Crippen molar-refractivity contribution in [2.45, 2.75) is 0 Å². The van der Waals surface area contributed by atoms with Crippen molar-refractivity contribution in [2.24, 2.45) is 0 Å². The highest BCUT2D eigenvalue weighted by Gasteiger charge is 2.20. The molecule has 0 saturated carbocycles. The van der Waals surface area contributed by atoms with Gasteiger partial charge in [0.15, 0.2) is 34.8 Å². The molecule has 2 aromatic carbocycles. The minimum atomic E-state index is 0.624. The highest BCUT2D eigenvalue weighted by molar-refractivity contribution is 5.63. The first-order valence-corrected chi connectivity index (χ1v) is 13.6. The second kappa shape index (κ2) is 12.4. The molecule has 4 aromatic rings. The summed E-state index contributed by atoms with van der Waals surface area (Å²) in [7, 11) is 3.27. The molecular formula is C30H32N6O5. The largest absolute Gasteiger partial charge is 0.491 e. The molecular weight excluding hydrogens is 524 g/mol. The van der Waals surface area contributed by atoms with Crippen LogP contribution in [0.25, 0.3) is 22.8 Å². The zero-order chi connectivity index (χ0) is 28.0. The van der Waals surface area contributed by atoms with Gasteiger partial charge in [0.2, 0.25) is 0 Å². The molecule has 41 heavy (non-hydrogen) atoms. The van der Waals surface area contributed by atoms with Gasteiger partial charge in [-0.05, 0) is 48.5 Å². The molecule has 0 radical (unpaired) electrons. The quantitative estimate of drug-likeness (QED) is 0.314. The van der Waals surface area contributed by atoms with Crippen LogP contribution in [0.2, 0.25) is 0 Å². The van der Waals surface area contributed by atoms with Crippen molar-refractivity contribution in [1.82, 2.24) is 19.9 Å². The predicted octanol–water partition coefficient (Wildman–Crippen LogP) is 4.08. The summed E-state index contributed by atoms with van der Waals surface area (Å²) in [5.41, 5.74) is 1.77. The predicted molar refractivity (Wildman–Crippen MR) is 154 cm³/mol. The lowest BCUT2D eigenvalue weighted by atomic mass is 10.2. The van der Waals surface area contributed by atoms with Gasteiger partial charge in [-0.25, -0.2) is 19.9 Å².